The van der Waals surface area contributed by atoms with Crippen molar-refractivity contribution in [1.82, 2.24) is 0 Å². The van der Waals surface area contributed by atoms with Crippen LogP contribution in [0.5, 0.6) is 0 Å². The third-order valence-electron chi connectivity index (χ3n) is 2.28. The van der Waals surface area contributed by atoms with Gasteiger partial charge in [0.2, 0.25) is 0 Å². The molecular formula is C13H15NO3S. The summed E-state index contributed by atoms with van der Waals surface area (Å²) in [6, 6.07) is 8.81. The predicted molar refractivity (Wildman–Crippen MR) is 69.1 cm³/mol. The number of allylic oxidation sites excluding steroid dienone is 1. The Morgan fingerprint density at radius 1 is 1.39 bits per heavy atom. The number of sulfone groups is 1. The second-order valence-electron chi connectivity index (χ2n) is 3.79. The first-order chi connectivity index (χ1) is 8.49. The smallest absolute Gasteiger partial charge is 0.195 e. The summed E-state index contributed by atoms with van der Waals surface area (Å²) in [5.41, 5.74) is 1.71. The van der Waals surface area contributed by atoms with Gasteiger partial charge in [-0.15, -0.1) is 0 Å². The molecule has 1 aromatic carbocycles. The summed E-state index contributed by atoms with van der Waals surface area (Å²) in [7, 11) is -3.64. The maximum absolute atomic E-state index is 12.0. The van der Waals surface area contributed by atoms with Crippen LogP contribution in [0.1, 0.15) is 18.1 Å². The van der Waals surface area contributed by atoms with Crippen molar-refractivity contribution in [3.63, 3.8) is 0 Å². The van der Waals surface area contributed by atoms with Crippen LogP contribution in [0.15, 0.2) is 35.4 Å². The maximum Gasteiger partial charge on any atom is 0.195 e. The standard InChI is InChI=1S/C13H15NO3S/c1-3-17-9-13(8-14)18(15,16)10-12-6-4-11(2)5-7-12/h4-7,9H,3,10H2,1-2H3/b13-9-. The van der Waals surface area contributed by atoms with Gasteiger partial charge in [0.25, 0.3) is 0 Å². The highest BCUT2D eigenvalue weighted by Crippen LogP contribution is 2.14. The maximum atomic E-state index is 12.0. The van der Waals surface area contributed by atoms with Gasteiger partial charge in [0, 0.05) is 0 Å². The topological polar surface area (TPSA) is 67.2 Å². The Hall–Kier alpha value is -1.80. The molecule has 0 amide bonds. The van der Waals surface area contributed by atoms with Crippen molar-refractivity contribution in [2.24, 2.45) is 0 Å². The molecule has 0 atom stereocenters. The molecule has 0 heterocycles. The molecule has 0 spiro atoms. The summed E-state index contributed by atoms with van der Waals surface area (Å²) in [5, 5.41) is 8.83. The molecular weight excluding hydrogens is 250 g/mol. The summed E-state index contributed by atoms with van der Waals surface area (Å²) >= 11 is 0. The van der Waals surface area contributed by atoms with Crippen LogP contribution >= 0.6 is 0 Å². The van der Waals surface area contributed by atoms with Gasteiger partial charge in [-0.1, -0.05) is 29.8 Å². The van der Waals surface area contributed by atoms with E-state index in [1.165, 1.54) is 0 Å². The molecule has 5 heteroatoms. The Balaban J connectivity index is 2.94. The molecule has 0 saturated heterocycles. The second kappa shape index (κ2) is 6.22. The second-order valence-corrected chi connectivity index (χ2v) is 5.75. The molecule has 1 rings (SSSR count). The van der Waals surface area contributed by atoms with Gasteiger partial charge < -0.3 is 4.74 Å². The summed E-state index contributed by atoms with van der Waals surface area (Å²) in [6.45, 7) is 3.97. The van der Waals surface area contributed by atoms with Gasteiger partial charge in [0.15, 0.2) is 14.7 Å². The van der Waals surface area contributed by atoms with E-state index in [4.69, 9.17) is 10.00 Å². The van der Waals surface area contributed by atoms with Crippen LogP contribution in [0.4, 0.5) is 0 Å². The van der Waals surface area contributed by atoms with Crippen molar-refractivity contribution < 1.29 is 13.2 Å². The lowest BCUT2D eigenvalue weighted by atomic mass is 10.2. The highest BCUT2D eigenvalue weighted by Gasteiger charge is 2.19. The average molecular weight is 265 g/mol. The van der Waals surface area contributed by atoms with Crippen LogP contribution in [-0.4, -0.2) is 15.0 Å². The number of hydrogen-bond donors (Lipinski definition) is 0. The molecule has 0 bridgehead atoms. The summed E-state index contributed by atoms with van der Waals surface area (Å²) in [6.07, 6.45) is 1.00. The number of nitrogens with zero attached hydrogens (tertiary/aromatic N) is 1. The van der Waals surface area contributed by atoms with Crippen LogP contribution < -0.4 is 0 Å². The molecule has 0 aliphatic rings. The molecule has 0 saturated carbocycles. The van der Waals surface area contributed by atoms with Crippen molar-refractivity contribution in [1.29, 1.82) is 5.26 Å². The van der Waals surface area contributed by atoms with Gasteiger partial charge in [-0.3, -0.25) is 0 Å². The summed E-state index contributed by atoms with van der Waals surface area (Å²) in [5.74, 6) is -0.195. The van der Waals surface area contributed by atoms with Crippen molar-refractivity contribution in [2.45, 2.75) is 19.6 Å². The minimum absolute atomic E-state index is 0.195. The minimum atomic E-state index is -3.64. The molecule has 0 aliphatic carbocycles. The van der Waals surface area contributed by atoms with Gasteiger partial charge in [-0.05, 0) is 19.4 Å². The first kappa shape index (κ1) is 14.3. The number of nitriles is 1. The van der Waals surface area contributed by atoms with Crippen molar-refractivity contribution in [3.8, 4) is 6.07 Å². The van der Waals surface area contributed by atoms with E-state index < -0.39 is 9.84 Å². The lowest BCUT2D eigenvalue weighted by Crippen LogP contribution is -2.07. The lowest BCUT2D eigenvalue weighted by molar-refractivity contribution is 0.268. The Morgan fingerprint density at radius 2 is 2.00 bits per heavy atom. The van der Waals surface area contributed by atoms with E-state index in [0.29, 0.717) is 12.2 Å². The fourth-order valence-electron chi connectivity index (χ4n) is 1.31. The molecule has 1 aromatic rings. The summed E-state index contributed by atoms with van der Waals surface area (Å²) in [4.78, 5) is -0.343. The molecule has 4 nitrogen and oxygen atoms in total. The highest BCUT2D eigenvalue weighted by molar-refractivity contribution is 7.94. The van der Waals surface area contributed by atoms with Gasteiger partial charge >= 0.3 is 0 Å². The molecule has 0 N–H and O–H groups in total. The molecule has 18 heavy (non-hydrogen) atoms. The van der Waals surface area contributed by atoms with E-state index >= 15 is 0 Å². The minimum Gasteiger partial charge on any atom is -0.499 e. The highest BCUT2D eigenvalue weighted by atomic mass is 32.2. The average Bonchev–Trinajstić information content (AvgIpc) is 2.32. The van der Waals surface area contributed by atoms with Crippen LogP contribution in [-0.2, 0) is 20.3 Å². The molecule has 0 unspecified atom stereocenters. The zero-order valence-corrected chi connectivity index (χ0v) is 11.2. The van der Waals surface area contributed by atoms with Crippen molar-refractivity contribution >= 4 is 9.84 Å². The predicted octanol–water partition coefficient (Wildman–Crippen LogP) is 2.31. The number of hydrogen-bond acceptors (Lipinski definition) is 4. The summed E-state index contributed by atoms with van der Waals surface area (Å²) < 4.78 is 28.8. The van der Waals surface area contributed by atoms with Gasteiger partial charge in [-0.25, -0.2) is 8.42 Å². The van der Waals surface area contributed by atoms with Gasteiger partial charge in [0.05, 0.1) is 12.4 Å². The number of benzene rings is 1. The molecule has 0 aromatic heterocycles. The van der Waals surface area contributed by atoms with Crippen LogP contribution in [0.25, 0.3) is 0 Å². The monoisotopic (exact) mass is 265 g/mol. The Bertz CT molecular complexity index is 565. The van der Waals surface area contributed by atoms with E-state index in [1.807, 2.05) is 19.1 Å². The first-order valence-electron chi connectivity index (χ1n) is 5.49. The Morgan fingerprint density at radius 3 is 2.50 bits per heavy atom. The molecule has 0 fully saturated rings. The zero-order valence-electron chi connectivity index (χ0n) is 10.4. The third-order valence-corrected chi connectivity index (χ3v) is 3.85. The SMILES string of the molecule is CCO/C=C(/C#N)S(=O)(=O)Cc1ccc(C)cc1. The largest absolute Gasteiger partial charge is 0.499 e. The van der Waals surface area contributed by atoms with Gasteiger partial charge in [-0.2, -0.15) is 5.26 Å². The fourth-order valence-corrected chi connectivity index (χ4v) is 2.45. The van der Waals surface area contributed by atoms with E-state index in [1.54, 1.807) is 25.1 Å². The lowest BCUT2D eigenvalue weighted by Gasteiger charge is -2.04. The zero-order chi connectivity index (χ0) is 13.6. The molecule has 0 aliphatic heterocycles. The van der Waals surface area contributed by atoms with E-state index in [2.05, 4.69) is 0 Å². The van der Waals surface area contributed by atoms with Crippen LogP contribution in [0.2, 0.25) is 0 Å². The van der Waals surface area contributed by atoms with Crippen LogP contribution in [0, 0.1) is 18.3 Å². The quantitative estimate of drug-likeness (QED) is 0.605. The number of rotatable bonds is 5. The Labute approximate surface area is 107 Å². The van der Waals surface area contributed by atoms with E-state index in [9.17, 15) is 8.42 Å². The molecule has 0 radical (unpaired) electrons. The van der Waals surface area contributed by atoms with Gasteiger partial charge in [0.1, 0.15) is 12.3 Å². The van der Waals surface area contributed by atoms with Crippen molar-refractivity contribution in [3.05, 3.63) is 46.6 Å². The third kappa shape index (κ3) is 3.90. The first-order valence-corrected chi connectivity index (χ1v) is 7.15. The fraction of sp³-hybridized carbons (Fsp3) is 0.308. The molecule has 96 valence electrons. The number of ether oxygens (including phenoxy) is 1. The van der Waals surface area contributed by atoms with E-state index in [-0.39, 0.29) is 10.7 Å². The van der Waals surface area contributed by atoms with Crippen LogP contribution in [0.3, 0.4) is 0 Å². The van der Waals surface area contributed by atoms with E-state index in [0.717, 1.165) is 11.8 Å². The van der Waals surface area contributed by atoms with Crippen molar-refractivity contribution in [2.75, 3.05) is 6.61 Å². The Kier molecular flexibility index (Phi) is 4.93. The normalized spacial score (nSPS) is 11.9. The number of aryl methyl sites for hydroxylation is 1.